The Hall–Kier alpha value is -0.0500. The Bertz CT molecular complexity index is 116. The number of hydrogen-bond donors (Lipinski definition) is 0. The van der Waals surface area contributed by atoms with Gasteiger partial charge in [0.1, 0.15) is 0 Å². The zero-order valence-corrected chi connectivity index (χ0v) is 8.31. The molecule has 1 atom stereocenters. The second kappa shape index (κ2) is 4.72. The first kappa shape index (κ1) is 9.95. The third kappa shape index (κ3) is 2.69. The van der Waals surface area contributed by atoms with Gasteiger partial charge in [0.05, 0.1) is 0 Å². The lowest BCUT2D eigenvalue weighted by Gasteiger charge is -2.22. The summed E-state index contributed by atoms with van der Waals surface area (Å²) in [5.41, 5.74) is 0. The van der Waals surface area contributed by atoms with Crippen LogP contribution in [0.5, 0.6) is 0 Å². The molecule has 10 heavy (non-hydrogen) atoms. The molecule has 0 saturated carbocycles. The monoisotopic (exact) mass is 207 g/mol. The first-order valence-corrected chi connectivity index (χ1v) is 4.57. The molecule has 0 saturated heterocycles. The quantitative estimate of drug-likeness (QED) is 0.645. The van der Waals surface area contributed by atoms with E-state index >= 15 is 0 Å². The summed E-state index contributed by atoms with van der Waals surface area (Å²) in [5, 5.41) is 0.842. The Balaban J connectivity index is 3.81. The highest BCUT2D eigenvalue weighted by Crippen LogP contribution is 2.01. The van der Waals surface area contributed by atoms with Crippen LogP contribution in [0.2, 0.25) is 0 Å². The van der Waals surface area contributed by atoms with E-state index in [1.165, 1.54) is 0 Å². The van der Waals surface area contributed by atoms with E-state index in [1.54, 1.807) is 4.90 Å². The Morgan fingerprint density at radius 1 is 1.70 bits per heavy atom. The van der Waals surface area contributed by atoms with E-state index in [2.05, 4.69) is 15.9 Å². The summed E-state index contributed by atoms with van der Waals surface area (Å²) in [7, 11) is 1.83. The van der Waals surface area contributed by atoms with Crippen molar-refractivity contribution in [2.45, 2.75) is 26.3 Å². The van der Waals surface area contributed by atoms with Crippen LogP contribution in [0.25, 0.3) is 0 Å². The van der Waals surface area contributed by atoms with E-state index in [1.807, 2.05) is 20.9 Å². The standard InChI is InChI=1S/C7H14BrNO/c1-4-7(10)9(3)6(2)5-8/h6H,4-5H2,1-3H3. The van der Waals surface area contributed by atoms with Crippen LogP contribution in [0.15, 0.2) is 0 Å². The normalized spacial score (nSPS) is 12.8. The fourth-order valence-corrected chi connectivity index (χ4v) is 1.03. The van der Waals surface area contributed by atoms with Crippen molar-refractivity contribution in [2.75, 3.05) is 12.4 Å². The van der Waals surface area contributed by atoms with Crippen LogP contribution in [0.3, 0.4) is 0 Å². The average molecular weight is 208 g/mol. The molecule has 0 aromatic heterocycles. The van der Waals surface area contributed by atoms with Crippen molar-refractivity contribution in [1.82, 2.24) is 4.90 Å². The summed E-state index contributed by atoms with van der Waals surface area (Å²) < 4.78 is 0. The molecule has 0 aromatic rings. The Labute approximate surface area is 70.7 Å². The first-order chi connectivity index (χ1) is 4.63. The van der Waals surface area contributed by atoms with Crippen molar-refractivity contribution in [3.63, 3.8) is 0 Å². The Kier molecular flexibility index (Phi) is 4.69. The lowest BCUT2D eigenvalue weighted by atomic mass is 10.3. The van der Waals surface area contributed by atoms with Crippen LogP contribution < -0.4 is 0 Å². The molecule has 60 valence electrons. The van der Waals surface area contributed by atoms with Crippen molar-refractivity contribution >= 4 is 21.8 Å². The molecule has 0 rings (SSSR count). The van der Waals surface area contributed by atoms with E-state index < -0.39 is 0 Å². The maximum atomic E-state index is 11.0. The first-order valence-electron chi connectivity index (χ1n) is 3.45. The van der Waals surface area contributed by atoms with Gasteiger partial charge in [0.2, 0.25) is 5.91 Å². The van der Waals surface area contributed by atoms with E-state index in [-0.39, 0.29) is 5.91 Å². The van der Waals surface area contributed by atoms with Gasteiger partial charge in [-0.3, -0.25) is 4.79 Å². The largest absolute Gasteiger partial charge is 0.342 e. The van der Waals surface area contributed by atoms with E-state index in [0.29, 0.717) is 12.5 Å². The summed E-state index contributed by atoms with van der Waals surface area (Å²) in [6.45, 7) is 3.89. The zero-order valence-electron chi connectivity index (χ0n) is 6.72. The Morgan fingerprint density at radius 2 is 2.20 bits per heavy atom. The molecule has 0 aromatic carbocycles. The highest BCUT2D eigenvalue weighted by atomic mass is 79.9. The molecule has 0 fully saturated rings. The number of halogens is 1. The number of hydrogen-bond acceptors (Lipinski definition) is 1. The number of amides is 1. The Morgan fingerprint density at radius 3 is 2.50 bits per heavy atom. The fraction of sp³-hybridized carbons (Fsp3) is 0.857. The van der Waals surface area contributed by atoms with Crippen LogP contribution in [0, 0.1) is 0 Å². The predicted octanol–water partition coefficient (Wildman–Crippen LogP) is 1.64. The molecule has 0 aliphatic rings. The molecular formula is C7H14BrNO. The third-order valence-electron chi connectivity index (χ3n) is 1.58. The van der Waals surface area contributed by atoms with Crippen LogP contribution in [-0.2, 0) is 4.79 Å². The van der Waals surface area contributed by atoms with Gasteiger partial charge >= 0.3 is 0 Å². The average Bonchev–Trinajstić information content (AvgIpc) is 2.00. The molecule has 0 spiro atoms. The molecular weight excluding hydrogens is 194 g/mol. The number of nitrogens with zero attached hydrogens (tertiary/aromatic N) is 1. The van der Waals surface area contributed by atoms with Crippen molar-refractivity contribution < 1.29 is 4.79 Å². The van der Waals surface area contributed by atoms with E-state index in [9.17, 15) is 4.79 Å². The molecule has 0 radical (unpaired) electrons. The summed E-state index contributed by atoms with van der Waals surface area (Å²) >= 11 is 3.32. The number of carbonyl (C=O) groups excluding carboxylic acids is 1. The summed E-state index contributed by atoms with van der Waals surface area (Å²) in [6.07, 6.45) is 0.591. The van der Waals surface area contributed by atoms with Crippen molar-refractivity contribution in [1.29, 1.82) is 0 Å². The topological polar surface area (TPSA) is 20.3 Å². The molecule has 3 heteroatoms. The van der Waals surface area contributed by atoms with Crippen LogP contribution in [0.4, 0.5) is 0 Å². The van der Waals surface area contributed by atoms with Crippen molar-refractivity contribution in [2.24, 2.45) is 0 Å². The second-order valence-corrected chi connectivity index (χ2v) is 3.01. The van der Waals surface area contributed by atoms with Gasteiger partial charge in [-0.2, -0.15) is 0 Å². The summed E-state index contributed by atoms with van der Waals surface area (Å²) in [5.74, 6) is 0.201. The highest BCUT2D eigenvalue weighted by Gasteiger charge is 2.11. The molecule has 1 amide bonds. The maximum Gasteiger partial charge on any atom is 0.222 e. The van der Waals surface area contributed by atoms with E-state index in [0.717, 1.165) is 5.33 Å². The number of alkyl halides is 1. The van der Waals surface area contributed by atoms with Gasteiger partial charge in [-0.25, -0.2) is 0 Å². The minimum atomic E-state index is 0.201. The van der Waals surface area contributed by atoms with Gasteiger partial charge in [0.25, 0.3) is 0 Å². The second-order valence-electron chi connectivity index (χ2n) is 2.36. The third-order valence-corrected chi connectivity index (χ3v) is 2.52. The van der Waals surface area contributed by atoms with Crippen molar-refractivity contribution in [3.05, 3.63) is 0 Å². The van der Waals surface area contributed by atoms with Gasteiger partial charge in [-0.05, 0) is 6.92 Å². The van der Waals surface area contributed by atoms with Crippen LogP contribution >= 0.6 is 15.9 Å². The van der Waals surface area contributed by atoms with Gasteiger partial charge in [-0.1, -0.05) is 22.9 Å². The van der Waals surface area contributed by atoms with Gasteiger partial charge in [0.15, 0.2) is 0 Å². The minimum Gasteiger partial charge on any atom is -0.342 e. The molecule has 1 unspecified atom stereocenters. The highest BCUT2D eigenvalue weighted by molar-refractivity contribution is 9.09. The van der Waals surface area contributed by atoms with Gasteiger partial charge in [-0.15, -0.1) is 0 Å². The lowest BCUT2D eigenvalue weighted by Crippen LogP contribution is -2.35. The maximum absolute atomic E-state index is 11.0. The number of rotatable bonds is 3. The fourth-order valence-electron chi connectivity index (χ4n) is 0.599. The smallest absolute Gasteiger partial charge is 0.222 e. The molecule has 2 nitrogen and oxygen atoms in total. The zero-order chi connectivity index (χ0) is 8.15. The van der Waals surface area contributed by atoms with Crippen LogP contribution in [-0.4, -0.2) is 29.2 Å². The van der Waals surface area contributed by atoms with Crippen LogP contribution in [0.1, 0.15) is 20.3 Å². The van der Waals surface area contributed by atoms with Crippen molar-refractivity contribution in [3.8, 4) is 0 Å². The SMILES string of the molecule is CCC(=O)N(C)C(C)CBr. The van der Waals surface area contributed by atoms with Gasteiger partial charge < -0.3 is 4.90 Å². The number of carbonyl (C=O) groups is 1. The van der Waals surface area contributed by atoms with Gasteiger partial charge in [0, 0.05) is 24.8 Å². The predicted molar refractivity (Wildman–Crippen MR) is 46.3 cm³/mol. The minimum absolute atomic E-state index is 0.201. The molecule has 0 bridgehead atoms. The molecule has 0 heterocycles. The molecule has 0 N–H and O–H groups in total. The van der Waals surface area contributed by atoms with E-state index in [4.69, 9.17) is 0 Å². The molecule has 0 aliphatic carbocycles. The summed E-state index contributed by atoms with van der Waals surface area (Å²) in [6, 6.07) is 0.299. The molecule has 0 aliphatic heterocycles. The lowest BCUT2D eigenvalue weighted by molar-refractivity contribution is -0.130. The summed E-state index contributed by atoms with van der Waals surface area (Å²) in [4.78, 5) is 12.8.